The molecule has 0 atom stereocenters. The summed E-state index contributed by atoms with van der Waals surface area (Å²) in [4.78, 5) is 49.7. The van der Waals surface area contributed by atoms with Gasteiger partial charge in [0.2, 0.25) is 10.0 Å². The van der Waals surface area contributed by atoms with E-state index in [2.05, 4.69) is 15.4 Å². The summed E-state index contributed by atoms with van der Waals surface area (Å²) < 4.78 is 45.9. The van der Waals surface area contributed by atoms with Gasteiger partial charge in [-0.25, -0.2) is 13.1 Å². The largest absolute Gasteiger partial charge is 0.500 e. The van der Waals surface area contributed by atoms with Gasteiger partial charge in [0.1, 0.15) is 11.6 Å². The number of carbonyl (C=O) groups is 4. The third-order valence-corrected chi connectivity index (χ3v) is 13.2. The van der Waals surface area contributed by atoms with Crippen molar-refractivity contribution in [2.75, 3.05) is 54.1 Å². The van der Waals surface area contributed by atoms with Crippen molar-refractivity contribution in [1.82, 2.24) is 15.4 Å². The molecule has 3 N–H and O–H groups in total. The molecule has 0 aliphatic carbocycles. The lowest BCUT2D eigenvalue weighted by atomic mass is 9.92. The predicted molar refractivity (Wildman–Crippen MR) is 212 cm³/mol. The van der Waals surface area contributed by atoms with E-state index in [1.807, 2.05) is 13.8 Å². The molecule has 0 saturated carbocycles. The van der Waals surface area contributed by atoms with Gasteiger partial charge in [-0.05, 0) is 60.2 Å². The molecule has 0 bridgehead atoms. The van der Waals surface area contributed by atoms with Crippen molar-refractivity contribution in [2.45, 2.75) is 69.7 Å². The Kier molecular flexibility index (Phi) is 18.7. The van der Waals surface area contributed by atoms with Crippen molar-refractivity contribution < 1.29 is 40.9 Å². The summed E-state index contributed by atoms with van der Waals surface area (Å²) in [6.45, 7) is 6.48. The van der Waals surface area contributed by atoms with E-state index in [4.69, 9.17) is 13.3 Å². The van der Waals surface area contributed by atoms with Gasteiger partial charge in [-0.1, -0.05) is 68.4 Å². The second-order valence-corrected chi connectivity index (χ2v) is 17.8. The Bertz CT molecular complexity index is 1790. The molecule has 0 saturated heterocycles. The molecule has 0 amide bonds. The number of ketones is 4. The van der Waals surface area contributed by atoms with Crippen LogP contribution >= 0.6 is 0 Å². The van der Waals surface area contributed by atoms with Crippen molar-refractivity contribution in [3.8, 4) is 22.3 Å². The first-order valence-corrected chi connectivity index (χ1v) is 21.8. The molecule has 54 heavy (non-hydrogen) atoms. The van der Waals surface area contributed by atoms with E-state index in [0.29, 0.717) is 79.2 Å². The Labute approximate surface area is 321 Å². The minimum Gasteiger partial charge on any atom is -0.377 e. The number of benzene rings is 3. The van der Waals surface area contributed by atoms with E-state index in [1.165, 1.54) is 6.07 Å². The van der Waals surface area contributed by atoms with Crippen LogP contribution in [0.5, 0.6) is 0 Å². The monoisotopic (exact) mass is 781 g/mol. The normalized spacial score (nSPS) is 11.8. The third kappa shape index (κ3) is 13.5. The number of Topliss-reactive ketones (excluding diaryl/α,β-unsaturated/α-hetero) is 4. The van der Waals surface area contributed by atoms with Crippen LogP contribution in [0.1, 0.15) is 79.5 Å². The van der Waals surface area contributed by atoms with Gasteiger partial charge in [0.15, 0.2) is 11.6 Å². The van der Waals surface area contributed by atoms with Crippen LogP contribution in [0.15, 0.2) is 71.6 Å². The van der Waals surface area contributed by atoms with Crippen molar-refractivity contribution in [3.63, 3.8) is 0 Å². The van der Waals surface area contributed by atoms with E-state index >= 15 is 0 Å². The lowest BCUT2D eigenvalue weighted by Gasteiger charge is -2.24. The van der Waals surface area contributed by atoms with Crippen LogP contribution in [0.2, 0.25) is 6.04 Å². The first-order chi connectivity index (χ1) is 25.9. The molecule has 0 radical (unpaired) electrons. The number of hydrogen-bond donors (Lipinski definition) is 3. The van der Waals surface area contributed by atoms with Crippen LogP contribution in [0.25, 0.3) is 22.3 Å². The van der Waals surface area contributed by atoms with Crippen molar-refractivity contribution in [3.05, 3.63) is 77.9 Å². The molecule has 3 aromatic carbocycles. The highest BCUT2D eigenvalue weighted by atomic mass is 32.2. The molecule has 0 fully saturated rings. The second-order valence-electron chi connectivity index (χ2n) is 12.9. The minimum absolute atomic E-state index is 0.0669. The molecule has 3 rings (SSSR count). The van der Waals surface area contributed by atoms with E-state index in [-0.39, 0.29) is 47.4 Å². The lowest BCUT2D eigenvalue weighted by Crippen LogP contribution is -2.43. The summed E-state index contributed by atoms with van der Waals surface area (Å²) >= 11 is 0. The van der Waals surface area contributed by atoms with Crippen molar-refractivity contribution in [1.29, 1.82) is 0 Å². The van der Waals surface area contributed by atoms with E-state index < -0.39 is 18.8 Å². The molecule has 0 aliphatic heterocycles. The van der Waals surface area contributed by atoms with Gasteiger partial charge in [-0.15, -0.1) is 0 Å². The topological polar surface area (TPSA) is 166 Å². The quantitative estimate of drug-likeness (QED) is 0.0380. The molecule has 3 aromatic rings. The maximum Gasteiger partial charge on any atom is 0.500 e. The molecule has 0 aliphatic rings. The average molecular weight is 782 g/mol. The third-order valence-electron chi connectivity index (χ3n) is 8.95. The van der Waals surface area contributed by atoms with Crippen LogP contribution in [-0.4, -0.2) is 94.4 Å². The van der Waals surface area contributed by atoms with Gasteiger partial charge in [0.05, 0.1) is 17.7 Å². The fraction of sp³-hybridized carbons (Fsp3) is 0.450. The zero-order chi connectivity index (χ0) is 39.6. The lowest BCUT2D eigenvalue weighted by molar-refractivity contribution is -0.119. The summed E-state index contributed by atoms with van der Waals surface area (Å²) in [6, 6.07) is 19.2. The maximum atomic E-state index is 13.5. The van der Waals surface area contributed by atoms with Crippen LogP contribution in [-0.2, 0) is 32.9 Å². The zero-order valence-electron chi connectivity index (χ0n) is 32.1. The predicted octanol–water partition coefficient (Wildman–Crippen LogP) is 5.63. The summed E-state index contributed by atoms with van der Waals surface area (Å²) in [5.74, 6) is -0.737. The molecular weight excluding hydrogens is 727 g/mol. The van der Waals surface area contributed by atoms with Crippen LogP contribution in [0.3, 0.4) is 0 Å². The molecule has 0 aromatic heterocycles. The van der Waals surface area contributed by atoms with Crippen molar-refractivity contribution in [2.24, 2.45) is 0 Å². The minimum atomic E-state index is -3.90. The molecule has 294 valence electrons. The van der Waals surface area contributed by atoms with Crippen LogP contribution in [0.4, 0.5) is 0 Å². The maximum absolute atomic E-state index is 13.5. The van der Waals surface area contributed by atoms with Gasteiger partial charge in [0, 0.05) is 77.5 Å². The summed E-state index contributed by atoms with van der Waals surface area (Å²) in [6.07, 6.45) is 2.56. The number of hydrogen-bond acceptors (Lipinski definition) is 11. The highest BCUT2D eigenvalue weighted by Gasteiger charge is 2.36. The highest BCUT2D eigenvalue weighted by molar-refractivity contribution is 7.89. The van der Waals surface area contributed by atoms with Gasteiger partial charge < -0.3 is 23.9 Å². The summed E-state index contributed by atoms with van der Waals surface area (Å²) in [5, 5.41) is 6.57. The van der Waals surface area contributed by atoms with Gasteiger partial charge in [-0.3, -0.25) is 19.2 Å². The molecule has 14 heteroatoms. The molecular formula is C40H55N3O9SSi. The Hall–Kier alpha value is -3.73. The number of rotatable bonds is 27. The fourth-order valence-corrected chi connectivity index (χ4v) is 8.70. The smallest absolute Gasteiger partial charge is 0.377 e. The number of carbonyl (C=O) groups excluding carboxylic acids is 4. The standard InChI is InChI=1S/C40H55N3O9SSi/c1-6-9-34(44)27-39(46)32-15-11-30(12-16-32)37-20-19-36(29-38(37)31-13-17-33(18-14-31)40(47)28-35(45)10-7-2)53(48,49)43-25-24-42-23-22-41-21-8-26-54(50-3,51-4)52-5/h11-20,29,41-43H,6-10,21-28H2,1-5H3. The summed E-state index contributed by atoms with van der Waals surface area (Å²) in [5.41, 5.74) is 3.52. The SMILES string of the molecule is CCCC(=O)CC(=O)c1ccc(-c2ccc(S(=O)(=O)NCCNCCNCCC[Si](OC)(OC)OC)cc2-c2ccc(C(=O)CC(=O)CCC)cc2)cc1. The molecule has 0 spiro atoms. The van der Waals surface area contributed by atoms with Gasteiger partial charge >= 0.3 is 8.80 Å². The second kappa shape index (κ2) is 22.6. The Morgan fingerprint density at radius 3 is 1.56 bits per heavy atom. The van der Waals surface area contributed by atoms with Crippen molar-refractivity contribution >= 4 is 42.0 Å². The molecule has 0 unspecified atom stereocenters. The van der Waals surface area contributed by atoms with E-state index in [0.717, 1.165) is 18.5 Å². The van der Waals surface area contributed by atoms with Gasteiger partial charge in [0.25, 0.3) is 0 Å². The Morgan fingerprint density at radius 1 is 0.611 bits per heavy atom. The zero-order valence-corrected chi connectivity index (χ0v) is 33.9. The molecule has 12 nitrogen and oxygen atoms in total. The van der Waals surface area contributed by atoms with Crippen LogP contribution < -0.4 is 15.4 Å². The first kappa shape index (κ1) is 44.7. The van der Waals surface area contributed by atoms with E-state index in [9.17, 15) is 27.6 Å². The molecule has 0 heterocycles. The average Bonchev–Trinajstić information content (AvgIpc) is 3.17. The number of nitrogens with one attached hydrogen (secondary N) is 3. The number of sulfonamides is 1. The summed E-state index contributed by atoms with van der Waals surface area (Å²) in [7, 11) is -1.70. The van der Waals surface area contributed by atoms with E-state index in [1.54, 1.807) is 82.0 Å². The Morgan fingerprint density at radius 2 is 1.07 bits per heavy atom. The van der Waals surface area contributed by atoms with Gasteiger partial charge in [-0.2, -0.15) is 0 Å². The highest BCUT2D eigenvalue weighted by Crippen LogP contribution is 2.35. The Balaban J connectivity index is 1.73. The first-order valence-electron chi connectivity index (χ1n) is 18.4. The van der Waals surface area contributed by atoms with Crippen LogP contribution in [0, 0.1) is 0 Å². The fourth-order valence-electron chi connectivity index (χ4n) is 5.92.